The number of amides is 1. The van der Waals surface area contributed by atoms with Crippen LogP contribution in [0.25, 0.3) is 10.2 Å². The number of carbonyl (C=O) groups excluding carboxylic acids is 2. The van der Waals surface area contributed by atoms with E-state index in [0.29, 0.717) is 10.8 Å². The Bertz CT molecular complexity index is 803. The van der Waals surface area contributed by atoms with Crippen molar-refractivity contribution in [3.63, 3.8) is 0 Å². The topological polar surface area (TPSA) is 79.5 Å². The van der Waals surface area contributed by atoms with Gasteiger partial charge in [-0.25, -0.2) is 15.8 Å². The number of benzene rings is 1. The molecule has 0 saturated carbocycles. The summed E-state index contributed by atoms with van der Waals surface area (Å²) in [4.78, 5) is 31.6. The smallest absolute Gasteiger partial charge is 0.279 e. The zero-order chi connectivity index (χ0) is 18.0. The van der Waals surface area contributed by atoms with E-state index in [1.807, 2.05) is 31.2 Å². The van der Waals surface area contributed by atoms with Crippen molar-refractivity contribution in [1.82, 2.24) is 9.88 Å². The summed E-state index contributed by atoms with van der Waals surface area (Å²) in [6.45, 7) is 4.96. The molecule has 1 aliphatic rings. The van der Waals surface area contributed by atoms with Crippen LogP contribution in [0.15, 0.2) is 35.5 Å². The van der Waals surface area contributed by atoms with Gasteiger partial charge in [-0.15, -0.1) is 0 Å². The number of rotatable bonds is 4. The summed E-state index contributed by atoms with van der Waals surface area (Å²) in [5, 5.41) is 1.38. The molecule has 0 spiro atoms. The summed E-state index contributed by atoms with van der Waals surface area (Å²) >= 11 is 1.33. The van der Waals surface area contributed by atoms with Crippen LogP contribution in [0.3, 0.4) is 0 Å². The molecule has 1 aromatic carbocycles. The fourth-order valence-corrected chi connectivity index (χ4v) is 4.00. The highest BCUT2D eigenvalue weighted by molar-refractivity contribution is 7.22. The molecule has 1 saturated heterocycles. The van der Waals surface area contributed by atoms with Crippen molar-refractivity contribution in [3.8, 4) is 0 Å². The zero-order valence-corrected chi connectivity index (χ0v) is 15.3. The van der Waals surface area contributed by atoms with Crippen LogP contribution in [-0.2, 0) is 9.59 Å². The van der Waals surface area contributed by atoms with Crippen LogP contribution in [0.4, 0.5) is 5.13 Å². The molecule has 1 aliphatic heterocycles. The van der Waals surface area contributed by atoms with Crippen molar-refractivity contribution < 1.29 is 9.59 Å². The van der Waals surface area contributed by atoms with E-state index in [2.05, 4.69) is 9.88 Å². The van der Waals surface area contributed by atoms with Crippen LogP contribution in [0.1, 0.15) is 33.1 Å². The monoisotopic (exact) mass is 358 g/mol. The highest BCUT2D eigenvalue weighted by Crippen LogP contribution is 2.28. The van der Waals surface area contributed by atoms with E-state index in [-0.39, 0.29) is 11.4 Å². The SMILES string of the molecule is CC(=O)/C(C(=O)N(N)c1nc2ccccc2s1)=C(/C)N1CCCCC1. The Balaban J connectivity index is 1.92. The number of carbonyl (C=O) groups is 2. The number of para-hydroxylation sites is 1. The Kier molecular flexibility index (Phi) is 5.15. The van der Waals surface area contributed by atoms with Gasteiger partial charge in [0.25, 0.3) is 5.91 Å². The lowest BCUT2D eigenvalue weighted by atomic mass is 10.1. The lowest BCUT2D eigenvalue weighted by molar-refractivity contribution is -0.120. The number of allylic oxidation sites excluding steroid dienone is 1. The Labute approximate surface area is 150 Å². The lowest BCUT2D eigenvalue weighted by Crippen LogP contribution is -2.42. The van der Waals surface area contributed by atoms with Crippen molar-refractivity contribution in [2.45, 2.75) is 33.1 Å². The van der Waals surface area contributed by atoms with Gasteiger partial charge in [-0.3, -0.25) is 9.59 Å². The second-order valence-electron chi connectivity index (χ2n) is 6.20. The molecule has 1 amide bonds. The van der Waals surface area contributed by atoms with Gasteiger partial charge in [-0.2, -0.15) is 0 Å². The van der Waals surface area contributed by atoms with E-state index < -0.39 is 5.91 Å². The molecular weight excluding hydrogens is 336 g/mol. The maximum atomic E-state index is 12.9. The predicted molar refractivity (Wildman–Crippen MR) is 100 cm³/mol. The minimum Gasteiger partial charge on any atom is -0.374 e. The number of hydrogen-bond donors (Lipinski definition) is 1. The number of likely N-dealkylation sites (tertiary alicyclic amines) is 1. The van der Waals surface area contributed by atoms with Crippen molar-refractivity contribution in [3.05, 3.63) is 35.5 Å². The molecule has 2 N–H and O–H groups in total. The summed E-state index contributed by atoms with van der Waals surface area (Å²) in [7, 11) is 0. The average Bonchev–Trinajstić information content (AvgIpc) is 3.05. The highest BCUT2D eigenvalue weighted by atomic mass is 32.1. The number of nitrogens with two attached hydrogens (primary N) is 1. The van der Waals surface area contributed by atoms with Gasteiger partial charge in [0.1, 0.15) is 5.57 Å². The summed E-state index contributed by atoms with van der Waals surface area (Å²) in [6, 6.07) is 7.59. The minimum absolute atomic E-state index is 0.142. The fraction of sp³-hybridized carbons (Fsp3) is 0.389. The van der Waals surface area contributed by atoms with Gasteiger partial charge in [0.15, 0.2) is 5.78 Å². The first kappa shape index (κ1) is 17.6. The maximum Gasteiger partial charge on any atom is 0.279 e. The number of hydrazine groups is 1. The number of ketones is 1. The number of aromatic nitrogens is 1. The van der Waals surface area contributed by atoms with Crippen LogP contribution < -0.4 is 10.9 Å². The standard InChI is InChI=1S/C18H22N4O2S/c1-12(21-10-6-3-7-11-21)16(13(2)23)17(24)22(19)18-20-14-8-4-5-9-15(14)25-18/h4-5,8-9H,3,6-7,10-11,19H2,1-2H3/b16-12+. The molecule has 0 unspecified atom stereocenters. The van der Waals surface area contributed by atoms with E-state index >= 15 is 0 Å². The molecular formula is C18H22N4O2S. The normalized spacial score (nSPS) is 15.9. The fourth-order valence-electron chi connectivity index (χ4n) is 3.12. The number of nitrogens with zero attached hydrogens (tertiary/aromatic N) is 3. The molecule has 0 radical (unpaired) electrons. The zero-order valence-electron chi connectivity index (χ0n) is 14.5. The van der Waals surface area contributed by atoms with Gasteiger partial charge in [-0.1, -0.05) is 23.5 Å². The van der Waals surface area contributed by atoms with Crippen molar-refractivity contribution in [2.75, 3.05) is 18.1 Å². The Morgan fingerprint density at radius 2 is 1.84 bits per heavy atom. The van der Waals surface area contributed by atoms with Crippen LogP contribution in [-0.4, -0.2) is 34.7 Å². The number of anilines is 1. The average molecular weight is 358 g/mol. The third-order valence-corrected chi connectivity index (χ3v) is 5.50. The summed E-state index contributed by atoms with van der Waals surface area (Å²) < 4.78 is 0.946. The van der Waals surface area contributed by atoms with Crippen LogP contribution in [0.5, 0.6) is 0 Å². The minimum atomic E-state index is -0.505. The summed E-state index contributed by atoms with van der Waals surface area (Å²) in [5.41, 5.74) is 1.63. The number of hydrogen-bond acceptors (Lipinski definition) is 6. The number of thiazole rings is 1. The Morgan fingerprint density at radius 1 is 1.16 bits per heavy atom. The molecule has 3 rings (SSSR count). The van der Waals surface area contributed by atoms with Gasteiger partial charge in [-0.05, 0) is 45.2 Å². The quantitative estimate of drug-likeness (QED) is 0.227. The van der Waals surface area contributed by atoms with Gasteiger partial charge < -0.3 is 4.90 Å². The molecule has 1 aromatic heterocycles. The van der Waals surface area contributed by atoms with Crippen LogP contribution in [0, 0.1) is 0 Å². The van der Waals surface area contributed by atoms with Gasteiger partial charge >= 0.3 is 0 Å². The number of Topliss-reactive ketones (excluding diaryl/α,β-unsaturated/α-hetero) is 1. The van der Waals surface area contributed by atoms with Gasteiger partial charge in [0, 0.05) is 18.8 Å². The molecule has 7 heteroatoms. The second-order valence-corrected chi connectivity index (χ2v) is 7.21. The van der Waals surface area contributed by atoms with Gasteiger partial charge in [0.2, 0.25) is 5.13 Å². The molecule has 0 aliphatic carbocycles. The number of piperidine rings is 1. The van der Waals surface area contributed by atoms with Gasteiger partial charge in [0.05, 0.1) is 10.2 Å². The second kappa shape index (κ2) is 7.33. The third-order valence-electron chi connectivity index (χ3n) is 4.47. The molecule has 1 fully saturated rings. The Hall–Kier alpha value is -2.25. The third kappa shape index (κ3) is 3.57. The van der Waals surface area contributed by atoms with E-state index in [1.165, 1.54) is 24.7 Å². The first-order valence-electron chi connectivity index (χ1n) is 8.40. The molecule has 132 valence electrons. The van der Waals surface area contributed by atoms with Crippen molar-refractivity contribution in [1.29, 1.82) is 0 Å². The molecule has 0 atom stereocenters. The van der Waals surface area contributed by atoms with Crippen molar-refractivity contribution in [2.24, 2.45) is 5.84 Å². The largest absolute Gasteiger partial charge is 0.374 e. The molecule has 2 heterocycles. The van der Waals surface area contributed by atoms with E-state index in [0.717, 1.165) is 41.2 Å². The van der Waals surface area contributed by atoms with Crippen LogP contribution >= 0.6 is 11.3 Å². The van der Waals surface area contributed by atoms with Crippen LogP contribution in [0.2, 0.25) is 0 Å². The first-order chi connectivity index (χ1) is 12.0. The van der Waals surface area contributed by atoms with E-state index in [9.17, 15) is 9.59 Å². The molecule has 2 aromatic rings. The van der Waals surface area contributed by atoms with Crippen molar-refractivity contribution >= 4 is 38.4 Å². The highest BCUT2D eigenvalue weighted by Gasteiger charge is 2.27. The molecule has 6 nitrogen and oxygen atoms in total. The Morgan fingerprint density at radius 3 is 2.48 bits per heavy atom. The van der Waals surface area contributed by atoms with E-state index in [1.54, 1.807) is 0 Å². The lowest BCUT2D eigenvalue weighted by Gasteiger charge is -2.31. The molecule has 0 bridgehead atoms. The molecule has 25 heavy (non-hydrogen) atoms. The summed E-state index contributed by atoms with van der Waals surface area (Å²) in [5.74, 6) is 5.26. The number of fused-ring (bicyclic) bond motifs is 1. The summed E-state index contributed by atoms with van der Waals surface area (Å²) in [6.07, 6.45) is 3.32. The first-order valence-corrected chi connectivity index (χ1v) is 9.22. The predicted octanol–water partition coefficient (Wildman–Crippen LogP) is 2.85. The maximum absolute atomic E-state index is 12.9. The van der Waals surface area contributed by atoms with E-state index in [4.69, 9.17) is 5.84 Å².